The Morgan fingerprint density at radius 2 is 2.24 bits per heavy atom. The van der Waals surface area contributed by atoms with E-state index in [0.717, 1.165) is 16.5 Å². The number of carbonyl (C=O) groups is 1. The predicted octanol–water partition coefficient (Wildman–Crippen LogP) is 3.11. The predicted molar refractivity (Wildman–Crippen MR) is 67.6 cm³/mol. The van der Waals surface area contributed by atoms with Crippen molar-refractivity contribution in [2.24, 2.45) is 0 Å². The van der Waals surface area contributed by atoms with Crippen LogP contribution in [0.3, 0.4) is 0 Å². The molecule has 0 amide bonds. The zero-order valence-corrected chi connectivity index (χ0v) is 9.34. The van der Waals surface area contributed by atoms with E-state index in [-0.39, 0.29) is 6.42 Å². The molecule has 3 nitrogen and oxygen atoms in total. The molecule has 0 saturated heterocycles. The lowest BCUT2D eigenvalue weighted by Gasteiger charge is -1.98. The third-order valence-corrected chi connectivity index (χ3v) is 2.46. The number of benzene rings is 1. The molecule has 0 aliphatic carbocycles. The van der Waals surface area contributed by atoms with Gasteiger partial charge in [-0.25, -0.2) is 0 Å². The molecule has 0 atom stereocenters. The van der Waals surface area contributed by atoms with Crippen molar-refractivity contribution in [2.45, 2.75) is 12.8 Å². The number of aromatic nitrogens is 1. The molecule has 0 saturated carbocycles. The molecule has 0 aliphatic heterocycles. The fraction of sp³-hybridized carbons (Fsp3) is 0.143. The van der Waals surface area contributed by atoms with Crippen LogP contribution in [0.5, 0.6) is 0 Å². The van der Waals surface area contributed by atoms with Gasteiger partial charge in [0, 0.05) is 18.0 Å². The number of aliphatic carboxylic acids is 1. The van der Waals surface area contributed by atoms with Crippen molar-refractivity contribution in [1.82, 2.24) is 4.98 Å². The first-order valence-corrected chi connectivity index (χ1v) is 5.49. The van der Waals surface area contributed by atoms with E-state index >= 15 is 0 Å². The number of carboxylic acid groups (broad SMARTS) is 1. The lowest BCUT2D eigenvalue weighted by atomic mass is 10.1. The Morgan fingerprint density at radius 3 is 3.06 bits per heavy atom. The molecule has 0 fully saturated rings. The van der Waals surface area contributed by atoms with Crippen LogP contribution in [0, 0.1) is 0 Å². The quantitative estimate of drug-likeness (QED) is 0.873. The van der Waals surface area contributed by atoms with Crippen molar-refractivity contribution >= 4 is 22.9 Å². The summed E-state index contributed by atoms with van der Waals surface area (Å²) in [6, 6.07) is 9.90. The van der Waals surface area contributed by atoms with Gasteiger partial charge in [0.15, 0.2) is 0 Å². The van der Waals surface area contributed by atoms with E-state index in [9.17, 15) is 4.79 Å². The second-order valence-electron chi connectivity index (χ2n) is 3.79. The fourth-order valence-electron chi connectivity index (χ4n) is 1.62. The standard InChI is InChI=1S/C14H13NO2/c16-14(17)6-2-1-4-11-7-8-13-12(10-11)5-3-9-15-13/h1,3-5,7-10H,2,6H2,(H,16,17). The van der Waals surface area contributed by atoms with Crippen molar-refractivity contribution < 1.29 is 9.90 Å². The van der Waals surface area contributed by atoms with Crippen LogP contribution in [0.25, 0.3) is 17.0 Å². The molecule has 3 heteroatoms. The molecule has 0 bridgehead atoms. The zero-order chi connectivity index (χ0) is 12.1. The summed E-state index contributed by atoms with van der Waals surface area (Å²) in [5.41, 5.74) is 2.03. The zero-order valence-electron chi connectivity index (χ0n) is 9.34. The molecule has 1 heterocycles. The van der Waals surface area contributed by atoms with Gasteiger partial charge in [-0.1, -0.05) is 24.3 Å². The molecule has 1 aromatic heterocycles. The highest BCUT2D eigenvalue weighted by Gasteiger charge is 1.95. The molecule has 2 rings (SSSR count). The Kier molecular flexibility index (Phi) is 3.50. The van der Waals surface area contributed by atoms with Gasteiger partial charge in [0.05, 0.1) is 5.52 Å². The number of pyridine rings is 1. The number of hydrogen-bond donors (Lipinski definition) is 1. The smallest absolute Gasteiger partial charge is 0.303 e. The largest absolute Gasteiger partial charge is 0.481 e. The summed E-state index contributed by atoms with van der Waals surface area (Å²) in [6.07, 6.45) is 6.32. The van der Waals surface area contributed by atoms with Crippen molar-refractivity contribution in [3.63, 3.8) is 0 Å². The topological polar surface area (TPSA) is 50.2 Å². The fourth-order valence-corrected chi connectivity index (χ4v) is 1.62. The van der Waals surface area contributed by atoms with Crippen LogP contribution >= 0.6 is 0 Å². The van der Waals surface area contributed by atoms with Gasteiger partial charge in [0.2, 0.25) is 0 Å². The maximum atomic E-state index is 10.3. The van der Waals surface area contributed by atoms with Crippen LogP contribution in [0.1, 0.15) is 18.4 Å². The Balaban J connectivity index is 2.11. The first-order chi connectivity index (χ1) is 8.25. The molecular weight excluding hydrogens is 214 g/mol. The van der Waals surface area contributed by atoms with Gasteiger partial charge in [-0.3, -0.25) is 9.78 Å². The highest BCUT2D eigenvalue weighted by atomic mass is 16.4. The number of fused-ring (bicyclic) bond motifs is 1. The van der Waals surface area contributed by atoms with Gasteiger partial charge in [-0.15, -0.1) is 0 Å². The third-order valence-electron chi connectivity index (χ3n) is 2.46. The van der Waals surface area contributed by atoms with E-state index in [1.807, 2.05) is 42.5 Å². The average Bonchev–Trinajstić information content (AvgIpc) is 2.34. The summed E-state index contributed by atoms with van der Waals surface area (Å²) < 4.78 is 0. The number of nitrogens with zero attached hydrogens (tertiary/aromatic N) is 1. The lowest BCUT2D eigenvalue weighted by Crippen LogP contribution is -1.91. The summed E-state index contributed by atoms with van der Waals surface area (Å²) in [5.74, 6) is -0.766. The molecule has 0 aliphatic rings. The van der Waals surface area contributed by atoms with Gasteiger partial charge < -0.3 is 5.11 Å². The second kappa shape index (κ2) is 5.25. The maximum Gasteiger partial charge on any atom is 0.303 e. The van der Waals surface area contributed by atoms with E-state index in [0.29, 0.717) is 6.42 Å². The Bertz CT molecular complexity index is 561. The van der Waals surface area contributed by atoms with Crippen molar-refractivity contribution in [3.05, 3.63) is 48.2 Å². The average molecular weight is 227 g/mol. The number of rotatable bonds is 4. The Morgan fingerprint density at radius 1 is 1.35 bits per heavy atom. The van der Waals surface area contributed by atoms with E-state index in [1.54, 1.807) is 6.20 Å². The molecule has 17 heavy (non-hydrogen) atoms. The minimum atomic E-state index is -0.766. The molecule has 1 aromatic carbocycles. The molecule has 0 unspecified atom stereocenters. The van der Waals surface area contributed by atoms with Crippen molar-refractivity contribution in [3.8, 4) is 0 Å². The van der Waals surface area contributed by atoms with Crippen LogP contribution in [0.4, 0.5) is 0 Å². The minimum Gasteiger partial charge on any atom is -0.481 e. The SMILES string of the molecule is O=C(O)CCC=Cc1ccc2ncccc2c1. The summed E-state index contributed by atoms with van der Waals surface area (Å²) in [4.78, 5) is 14.6. The number of carboxylic acids is 1. The van der Waals surface area contributed by atoms with Crippen LogP contribution < -0.4 is 0 Å². The normalized spacial score (nSPS) is 11.1. The highest BCUT2D eigenvalue weighted by molar-refractivity contribution is 5.81. The van der Waals surface area contributed by atoms with Gasteiger partial charge in [0.1, 0.15) is 0 Å². The first-order valence-electron chi connectivity index (χ1n) is 5.49. The molecule has 86 valence electrons. The van der Waals surface area contributed by atoms with E-state index in [2.05, 4.69) is 4.98 Å². The Hall–Kier alpha value is -2.16. The van der Waals surface area contributed by atoms with E-state index < -0.39 is 5.97 Å². The van der Waals surface area contributed by atoms with Crippen LogP contribution in [0.15, 0.2) is 42.6 Å². The van der Waals surface area contributed by atoms with E-state index in [1.165, 1.54) is 0 Å². The molecule has 2 aromatic rings. The highest BCUT2D eigenvalue weighted by Crippen LogP contribution is 2.14. The summed E-state index contributed by atoms with van der Waals surface area (Å²) in [7, 11) is 0. The van der Waals surface area contributed by atoms with Crippen molar-refractivity contribution in [1.29, 1.82) is 0 Å². The molecular formula is C14H13NO2. The molecule has 1 N–H and O–H groups in total. The third kappa shape index (κ3) is 3.14. The van der Waals surface area contributed by atoms with Crippen LogP contribution in [-0.2, 0) is 4.79 Å². The van der Waals surface area contributed by atoms with Crippen molar-refractivity contribution in [2.75, 3.05) is 0 Å². The van der Waals surface area contributed by atoms with Gasteiger partial charge in [-0.2, -0.15) is 0 Å². The summed E-state index contributed by atoms with van der Waals surface area (Å²) in [6.45, 7) is 0. The van der Waals surface area contributed by atoms with Crippen LogP contribution in [0.2, 0.25) is 0 Å². The monoisotopic (exact) mass is 227 g/mol. The summed E-state index contributed by atoms with van der Waals surface area (Å²) >= 11 is 0. The number of hydrogen-bond acceptors (Lipinski definition) is 2. The van der Waals surface area contributed by atoms with Gasteiger partial charge >= 0.3 is 5.97 Å². The molecule has 0 radical (unpaired) electrons. The molecule has 0 spiro atoms. The maximum absolute atomic E-state index is 10.3. The minimum absolute atomic E-state index is 0.172. The van der Waals surface area contributed by atoms with Gasteiger partial charge in [-0.05, 0) is 30.2 Å². The van der Waals surface area contributed by atoms with Crippen LogP contribution in [-0.4, -0.2) is 16.1 Å². The first kappa shape index (κ1) is 11.3. The summed E-state index contributed by atoms with van der Waals surface area (Å²) in [5, 5.41) is 9.60. The van der Waals surface area contributed by atoms with E-state index in [4.69, 9.17) is 5.11 Å². The lowest BCUT2D eigenvalue weighted by molar-refractivity contribution is -0.136. The number of allylic oxidation sites excluding steroid dienone is 1. The Labute approximate surface area is 99.4 Å². The second-order valence-corrected chi connectivity index (χ2v) is 3.79. The van der Waals surface area contributed by atoms with Gasteiger partial charge in [0.25, 0.3) is 0 Å².